The van der Waals surface area contributed by atoms with Crippen molar-refractivity contribution in [2.24, 2.45) is 11.7 Å². The summed E-state index contributed by atoms with van der Waals surface area (Å²) in [7, 11) is 3.40. The fourth-order valence-electron chi connectivity index (χ4n) is 2.48. The first-order valence-electron chi connectivity index (χ1n) is 9.10. The largest absolute Gasteiger partial charge is 0.352 e. The van der Waals surface area contributed by atoms with Crippen LogP contribution in [0.1, 0.15) is 33.6 Å². The van der Waals surface area contributed by atoms with Gasteiger partial charge in [0.1, 0.15) is 6.04 Å². The van der Waals surface area contributed by atoms with E-state index in [-0.39, 0.29) is 17.6 Å². The number of nitrogens with one attached hydrogen (secondary N) is 5. The Morgan fingerprint density at radius 1 is 0.963 bits per heavy atom. The molecule has 0 unspecified atom stereocenters. The van der Waals surface area contributed by atoms with Crippen LogP contribution >= 0.6 is 0 Å². The van der Waals surface area contributed by atoms with Crippen LogP contribution in [0.5, 0.6) is 0 Å². The molecule has 0 saturated heterocycles. The maximum Gasteiger partial charge on any atom is 0.312 e. The van der Waals surface area contributed by atoms with Gasteiger partial charge in [0.05, 0.1) is 12.1 Å². The molecule has 10 heteroatoms. The molecule has 0 aromatic carbocycles. The first kappa shape index (κ1) is 24.8. The van der Waals surface area contributed by atoms with E-state index in [1.54, 1.807) is 14.1 Å². The van der Waals surface area contributed by atoms with Gasteiger partial charge in [0, 0.05) is 13.1 Å². The van der Waals surface area contributed by atoms with Crippen molar-refractivity contribution in [3.8, 4) is 0 Å². The average Bonchev–Trinajstić information content (AvgIpc) is 2.58. The van der Waals surface area contributed by atoms with Crippen molar-refractivity contribution >= 4 is 23.6 Å². The molecule has 0 aliphatic rings. The van der Waals surface area contributed by atoms with E-state index < -0.39 is 30.1 Å². The third kappa shape index (κ3) is 9.90. The third-order valence-electron chi connectivity index (χ3n) is 4.10. The zero-order valence-electron chi connectivity index (χ0n) is 16.8. The fourth-order valence-corrected chi connectivity index (χ4v) is 2.48. The molecule has 0 aliphatic heterocycles. The molecule has 156 valence electrons. The Morgan fingerprint density at radius 3 is 2.04 bits per heavy atom. The van der Waals surface area contributed by atoms with Crippen LogP contribution < -0.4 is 32.3 Å². The monoisotopic (exact) mass is 386 g/mol. The van der Waals surface area contributed by atoms with E-state index in [0.29, 0.717) is 25.9 Å². The summed E-state index contributed by atoms with van der Waals surface area (Å²) < 4.78 is 0. The summed E-state index contributed by atoms with van der Waals surface area (Å²) in [4.78, 5) is 47.5. The number of urea groups is 1. The van der Waals surface area contributed by atoms with Crippen molar-refractivity contribution in [1.29, 1.82) is 0 Å². The lowest BCUT2D eigenvalue weighted by Crippen LogP contribution is -2.57. The van der Waals surface area contributed by atoms with Gasteiger partial charge in [0.15, 0.2) is 5.78 Å². The molecule has 10 nitrogen and oxygen atoms in total. The number of nitrogens with two attached hydrogens (primary N) is 1. The lowest BCUT2D eigenvalue weighted by atomic mass is 10.0. The van der Waals surface area contributed by atoms with Gasteiger partial charge in [-0.15, -0.1) is 0 Å². The standard InChI is InChI=1S/C17H34N6O4/c1-10(2)14(23-15(25)13(20-5)9-19-4)16(26)22-12(11(3)24)7-6-8-21-17(18)27/h10,12-14,19-20H,6-9H2,1-5H3,(H,22,26)(H,23,25)(H3,18,21,27)/t12-,13-,14-/m0/s1. The van der Waals surface area contributed by atoms with Crippen LogP contribution in [0.15, 0.2) is 0 Å². The second-order valence-electron chi connectivity index (χ2n) is 6.73. The van der Waals surface area contributed by atoms with E-state index >= 15 is 0 Å². The van der Waals surface area contributed by atoms with Gasteiger partial charge in [0.2, 0.25) is 11.8 Å². The summed E-state index contributed by atoms with van der Waals surface area (Å²) in [5.74, 6) is -1.07. The number of primary amides is 1. The second kappa shape index (κ2) is 13.0. The summed E-state index contributed by atoms with van der Waals surface area (Å²) in [5.41, 5.74) is 4.99. The third-order valence-corrected chi connectivity index (χ3v) is 4.10. The number of Topliss-reactive ketones (excluding diaryl/α,β-unsaturated/α-hetero) is 1. The molecular weight excluding hydrogens is 352 g/mol. The summed E-state index contributed by atoms with van der Waals surface area (Å²) >= 11 is 0. The molecule has 0 radical (unpaired) electrons. The van der Waals surface area contributed by atoms with Gasteiger partial charge in [-0.3, -0.25) is 14.4 Å². The number of carbonyl (C=O) groups is 4. The van der Waals surface area contributed by atoms with Gasteiger partial charge in [-0.2, -0.15) is 0 Å². The molecular formula is C17H34N6O4. The molecule has 0 bridgehead atoms. The van der Waals surface area contributed by atoms with Crippen LogP contribution in [-0.4, -0.2) is 68.9 Å². The minimum atomic E-state index is -0.768. The number of rotatable bonds is 13. The predicted molar refractivity (Wildman–Crippen MR) is 103 cm³/mol. The molecule has 0 aromatic heterocycles. The summed E-state index contributed by atoms with van der Waals surface area (Å²) in [5, 5.41) is 13.7. The Labute approximate surface area is 160 Å². The van der Waals surface area contributed by atoms with Crippen molar-refractivity contribution in [1.82, 2.24) is 26.6 Å². The van der Waals surface area contributed by atoms with E-state index in [4.69, 9.17) is 5.73 Å². The molecule has 7 N–H and O–H groups in total. The highest BCUT2D eigenvalue weighted by molar-refractivity contribution is 5.93. The Bertz CT molecular complexity index is 512. The molecule has 0 heterocycles. The van der Waals surface area contributed by atoms with Crippen LogP contribution in [-0.2, 0) is 14.4 Å². The summed E-state index contributed by atoms with van der Waals surface area (Å²) in [6.07, 6.45) is 0.842. The SMILES string of the molecule is CNC[C@H](NC)C(=O)N[C@H](C(=O)N[C@@H](CCCNC(N)=O)C(C)=O)C(C)C. The maximum absolute atomic E-state index is 12.6. The van der Waals surface area contributed by atoms with E-state index in [1.807, 2.05) is 13.8 Å². The first-order valence-corrected chi connectivity index (χ1v) is 9.10. The van der Waals surface area contributed by atoms with Crippen LogP contribution in [0, 0.1) is 5.92 Å². The highest BCUT2D eigenvalue weighted by Crippen LogP contribution is 2.05. The predicted octanol–water partition coefficient (Wildman–Crippen LogP) is -1.54. The van der Waals surface area contributed by atoms with Crippen LogP contribution in [0.3, 0.4) is 0 Å². The van der Waals surface area contributed by atoms with Crippen molar-refractivity contribution in [3.05, 3.63) is 0 Å². The number of ketones is 1. The number of amides is 4. The zero-order valence-corrected chi connectivity index (χ0v) is 16.8. The molecule has 0 spiro atoms. The quantitative estimate of drug-likeness (QED) is 0.211. The van der Waals surface area contributed by atoms with Crippen molar-refractivity contribution in [2.45, 2.75) is 51.7 Å². The van der Waals surface area contributed by atoms with E-state index in [9.17, 15) is 19.2 Å². The highest BCUT2D eigenvalue weighted by Gasteiger charge is 2.29. The van der Waals surface area contributed by atoms with Crippen LogP contribution in [0.4, 0.5) is 4.79 Å². The summed E-state index contributed by atoms with van der Waals surface area (Å²) in [6.45, 7) is 5.75. The molecule has 0 aromatic rings. The first-order chi connectivity index (χ1) is 12.6. The van der Waals surface area contributed by atoms with Crippen molar-refractivity contribution in [3.63, 3.8) is 0 Å². The topological polar surface area (TPSA) is 154 Å². The van der Waals surface area contributed by atoms with Crippen molar-refractivity contribution in [2.75, 3.05) is 27.2 Å². The molecule has 4 amide bonds. The molecule has 0 fully saturated rings. The van der Waals surface area contributed by atoms with Gasteiger partial charge >= 0.3 is 6.03 Å². The molecule has 0 aliphatic carbocycles. The molecule has 27 heavy (non-hydrogen) atoms. The van der Waals surface area contributed by atoms with Gasteiger partial charge in [-0.05, 0) is 39.8 Å². The fraction of sp³-hybridized carbons (Fsp3) is 0.765. The van der Waals surface area contributed by atoms with E-state index in [2.05, 4.69) is 26.6 Å². The van der Waals surface area contributed by atoms with E-state index in [0.717, 1.165) is 0 Å². The van der Waals surface area contributed by atoms with Gasteiger partial charge in [-0.25, -0.2) is 4.79 Å². The second-order valence-corrected chi connectivity index (χ2v) is 6.73. The Balaban J connectivity index is 4.88. The lowest BCUT2D eigenvalue weighted by molar-refractivity contribution is -0.132. The number of likely N-dealkylation sites (N-methyl/N-ethyl adjacent to an activating group) is 2. The van der Waals surface area contributed by atoms with Gasteiger partial charge < -0.3 is 32.3 Å². The summed E-state index contributed by atoms with van der Waals surface area (Å²) in [6, 6.07) is -2.58. The van der Waals surface area contributed by atoms with Crippen LogP contribution in [0.25, 0.3) is 0 Å². The minimum absolute atomic E-state index is 0.162. The highest BCUT2D eigenvalue weighted by atomic mass is 16.2. The Kier molecular flexibility index (Phi) is 12.0. The van der Waals surface area contributed by atoms with Gasteiger partial charge in [0.25, 0.3) is 0 Å². The Hall–Kier alpha value is -2.20. The van der Waals surface area contributed by atoms with Gasteiger partial charge in [-0.1, -0.05) is 13.8 Å². The van der Waals surface area contributed by atoms with Crippen molar-refractivity contribution < 1.29 is 19.2 Å². The normalized spacial score (nSPS) is 14.1. The number of hydrogen-bond donors (Lipinski definition) is 6. The molecule has 0 saturated carbocycles. The Morgan fingerprint density at radius 2 is 1.59 bits per heavy atom. The zero-order chi connectivity index (χ0) is 21.0. The smallest absolute Gasteiger partial charge is 0.312 e. The lowest BCUT2D eigenvalue weighted by Gasteiger charge is -2.26. The number of carbonyl (C=O) groups excluding carboxylic acids is 4. The van der Waals surface area contributed by atoms with Crippen LogP contribution in [0.2, 0.25) is 0 Å². The average molecular weight is 386 g/mol. The number of hydrogen-bond acceptors (Lipinski definition) is 6. The van der Waals surface area contributed by atoms with E-state index in [1.165, 1.54) is 6.92 Å². The molecule has 0 rings (SSSR count). The maximum atomic E-state index is 12.6. The molecule has 3 atom stereocenters. The minimum Gasteiger partial charge on any atom is -0.352 e.